The van der Waals surface area contributed by atoms with E-state index >= 15 is 0 Å². The second-order valence-corrected chi connectivity index (χ2v) is 7.55. The summed E-state index contributed by atoms with van der Waals surface area (Å²) in [6, 6.07) is 9.21. The zero-order chi connectivity index (χ0) is 22.9. The molecule has 0 fully saturated rings. The van der Waals surface area contributed by atoms with Gasteiger partial charge in [-0.3, -0.25) is 4.79 Å². The molecule has 0 aliphatic rings. The van der Waals surface area contributed by atoms with E-state index in [4.69, 9.17) is 13.9 Å². The number of furan rings is 1. The lowest BCUT2D eigenvalue weighted by atomic mass is 10.2. The van der Waals surface area contributed by atoms with E-state index in [0.717, 1.165) is 16.9 Å². The molecule has 1 N–H and O–H groups in total. The normalized spacial score (nSPS) is 11.7. The SMILES string of the molecule is CCn1c(SCC(=O)N/N=C\C(C)=C\c2ccco2)nnc1-c1ccc(OC)c(OC)c1. The first kappa shape index (κ1) is 23.1. The fourth-order valence-corrected chi connectivity index (χ4v) is 3.67. The molecule has 168 valence electrons. The van der Waals surface area contributed by atoms with Gasteiger partial charge in [0.1, 0.15) is 5.76 Å². The second-order valence-electron chi connectivity index (χ2n) is 6.61. The fraction of sp³-hybridized carbons (Fsp3) is 0.273. The van der Waals surface area contributed by atoms with E-state index in [9.17, 15) is 4.79 Å². The maximum Gasteiger partial charge on any atom is 0.250 e. The van der Waals surface area contributed by atoms with Gasteiger partial charge in [0, 0.05) is 12.1 Å². The number of thioether (sulfide) groups is 1. The molecule has 0 saturated heterocycles. The van der Waals surface area contributed by atoms with Crippen molar-refractivity contribution in [1.82, 2.24) is 20.2 Å². The van der Waals surface area contributed by atoms with E-state index in [0.29, 0.717) is 29.0 Å². The Morgan fingerprint density at radius 1 is 1.25 bits per heavy atom. The van der Waals surface area contributed by atoms with Crippen LogP contribution in [0.3, 0.4) is 0 Å². The van der Waals surface area contributed by atoms with Gasteiger partial charge in [-0.05, 0) is 55.8 Å². The summed E-state index contributed by atoms with van der Waals surface area (Å²) in [4.78, 5) is 12.2. The van der Waals surface area contributed by atoms with Crippen LogP contribution in [0.1, 0.15) is 19.6 Å². The van der Waals surface area contributed by atoms with E-state index < -0.39 is 0 Å². The van der Waals surface area contributed by atoms with Gasteiger partial charge in [0.2, 0.25) is 0 Å². The number of rotatable bonds is 10. The van der Waals surface area contributed by atoms with Crippen LogP contribution in [0.5, 0.6) is 11.5 Å². The number of carbonyl (C=O) groups is 1. The van der Waals surface area contributed by atoms with Crippen molar-refractivity contribution in [2.45, 2.75) is 25.5 Å². The summed E-state index contributed by atoms with van der Waals surface area (Å²) >= 11 is 1.29. The number of methoxy groups -OCH3 is 2. The summed E-state index contributed by atoms with van der Waals surface area (Å²) in [6.07, 6.45) is 4.99. The Balaban J connectivity index is 1.62. The number of hydrazone groups is 1. The van der Waals surface area contributed by atoms with Gasteiger partial charge in [-0.1, -0.05) is 11.8 Å². The minimum absolute atomic E-state index is 0.155. The van der Waals surface area contributed by atoms with Crippen LogP contribution in [0.4, 0.5) is 0 Å². The molecule has 0 aliphatic carbocycles. The Bertz CT molecular complexity index is 1110. The van der Waals surface area contributed by atoms with Gasteiger partial charge >= 0.3 is 0 Å². The second kappa shape index (κ2) is 11.2. The minimum atomic E-state index is -0.240. The Labute approximate surface area is 190 Å². The Morgan fingerprint density at radius 3 is 2.75 bits per heavy atom. The van der Waals surface area contributed by atoms with Crippen molar-refractivity contribution in [3.05, 3.63) is 47.9 Å². The number of hydrogen-bond acceptors (Lipinski definition) is 8. The molecule has 0 saturated carbocycles. The highest BCUT2D eigenvalue weighted by molar-refractivity contribution is 7.99. The molecule has 32 heavy (non-hydrogen) atoms. The first-order valence-corrected chi connectivity index (χ1v) is 10.9. The number of hydrogen-bond donors (Lipinski definition) is 1. The monoisotopic (exact) mass is 455 g/mol. The topological polar surface area (TPSA) is 104 Å². The van der Waals surface area contributed by atoms with Gasteiger partial charge in [-0.2, -0.15) is 5.10 Å². The molecule has 9 nitrogen and oxygen atoms in total. The number of nitrogens with one attached hydrogen (secondary N) is 1. The zero-order valence-corrected chi connectivity index (χ0v) is 19.2. The first-order valence-electron chi connectivity index (χ1n) is 9.87. The van der Waals surface area contributed by atoms with Crippen LogP contribution in [-0.2, 0) is 11.3 Å². The van der Waals surface area contributed by atoms with Crippen molar-refractivity contribution in [2.75, 3.05) is 20.0 Å². The molecule has 2 aromatic heterocycles. The fourth-order valence-electron chi connectivity index (χ4n) is 2.87. The van der Waals surface area contributed by atoms with Crippen molar-refractivity contribution in [3.8, 4) is 22.9 Å². The Kier molecular flexibility index (Phi) is 8.09. The van der Waals surface area contributed by atoms with Gasteiger partial charge in [0.05, 0.1) is 32.5 Å². The van der Waals surface area contributed by atoms with Crippen LogP contribution in [-0.4, -0.2) is 46.9 Å². The third-order valence-corrected chi connectivity index (χ3v) is 5.34. The standard InChI is InChI=1S/C22H25N5O4S/c1-5-27-21(16-8-9-18(29-3)19(12-16)30-4)25-26-22(27)32-14-20(28)24-23-13-15(2)11-17-7-6-10-31-17/h6-13H,5,14H2,1-4H3,(H,24,28)/b15-11+,23-13-. The third kappa shape index (κ3) is 5.79. The summed E-state index contributed by atoms with van der Waals surface area (Å²) in [6.45, 7) is 4.51. The molecule has 3 aromatic rings. The van der Waals surface area contributed by atoms with E-state index in [2.05, 4.69) is 20.7 Å². The highest BCUT2D eigenvalue weighted by Gasteiger charge is 2.16. The molecule has 0 spiro atoms. The molecule has 3 rings (SSSR count). The number of ether oxygens (including phenoxy) is 2. The molecule has 1 aromatic carbocycles. The van der Waals surface area contributed by atoms with Crippen molar-refractivity contribution in [2.24, 2.45) is 5.10 Å². The molecule has 0 aliphatic heterocycles. The van der Waals surface area contributed by atoms with Crippen molar-refractivity contribution in [3.63, 3.8) is 0 Å². The van der Waals surface area contributed by atoms with E-state index in [1.54, 1.807) is 32.8 Å². The maximum absolute atomic E-state index is 12.2. The van der Waals surface area contributed by atoms with E-state index in [-0.39, 0.29) is 11.7 Å². The minimum Gasteiger partial charge on any atom is -0.493 e. The summed E-state index contributed by atoms with van der Waals surface area (Å²) in [5.74, 6) is 2.57. The summed E-state index contributed by atoms with van der Waals surface area (Å²) in [5, 5.41) is 13.2. The zero-order valence-electron chi connectivity index (χ0n) is 18.4. The molecule has 0 bridgehead atoms. The Morgan fingerprint density at radius 2 is 2.06 bits per heavy atom. The smallest absolute Gasteiger partial charge is 0.250 e. The Hall–Kier alpha value is -3.53. The molecule has 0 atom stereocenters. The number of benzene rings is 1. The number of aromatic nitrogens is 3. The van der Waals surface area contributed by atoms with Gasteiger partial charge in [-0.15, -0.1) is 10.2 Å². The number of amides is 1. The van der Waals surface area contributed by atoms with Gasteiger partial charge < -0.3 is 18.5 Å². The lowest BCUT2D eigenvalue weighted by Gasteiger charge is -2.10. The average molecular weight is 456 g/mol. The summed E-state index contributed by atoms with van der Waals surface area (Å²) in [7, 11) is 3.18. The molecule has 2 heterocycles. The van der Waals surface area contributed by atoms with Crippen LogP contribution in [0.25, 0.3) is 17.5 Å². The lowest BCUT2D eigenvalue weighted by Crippen LogP contribution is -2.20. The van der Waals surface area contributed by atoms with Gasteiger partial charge in [0.25, 0.3) is 5.91 Å². The predicted octanol–water partition coefficient (Wildman–Crippen LogP) is 3.87. The largest absolute Gasteiger partial charge is 0.493 e. The number of allylic oxidation sites excluding steroid dienone is 1. The first-order chi connectivity index (χ1) is 15.5. The molecule has 0 unspecified atom stereocenters. The molecular formula is C22H25N5O4S. The average Bonchev–Trinajstić information content (AvgIpc) is 3.46. The third-order valence-electron chi connectivity index (χ3n) is 4.38. The maximum atomic E-state index is 12.2. The van der Waals surface area contributed by atoms with Gasteiger partial charge in [0.15, 0.2) is 22.5 Å². The lowest BCUT2D eigenvalue weighted by molar-refractivity contribution is -0.118. The van der Waals surface area contributed by atoms with E-state index in [1.165, 1.54) is 11.8 Å². The summed E-state index contributed by atoms with van der Waals surface area (Å²) in [5.41, 5.74) is 4.21. The highest BCUT2D eigenvalue weighted by atomic mass is 32.2. The van der Waals surface area contributed by atoms with Crippen LogP contribution in [0.2, 0.25) is 0 Å². The molecule has 0 radical (unpaired) electrons. The molecule has 1 amide bonds. The van der Waals surface area contributed by atoms with Gasteiger partial charge in [-0.25, -0.2) is 5.43 Å². The van der Waals surface area contributed by atoms with Crippen LogP contribution in [0, 0.1) is 0 Å². The number of carbonyl (C=O) groups excluding carboxylic acids is 1. The summed E-state index contributed by atoms with van der Waals surface area (Å²) < 4.78 is 17.9. The highest BCUT2D eigenvalue weighted by Crippen LogP contribution is 2.32. The van der Waals surface area contributed by atoms with Crippen molar-refractivity contribution >= 4 is 30.0 Å². The van der Waals surface area contributed by atoms with E-state index in [1.807, 2.05) is 48.8 Å². The molecule has 10 heteroatoms. The van der Waals surface area contributed by atoms with Crippen LogP contribution in [0.15, 0.2) is 56.8 Å². The molecular weight excluding hydrogens is 430 g/mol. The van der Waals surface area contributed by atoms with Crippen molar-refractivity contribution in [1.29, 1.82) is 0 Å². The van der Waals surface area contributed by atoms with Crippen molar-refractivity contribution < 1.29 is 18.7 Å². The predicted molar refractivity (Wildman–Crippen MR) is 124 cm³/mol. The quantitative estimate of drug-likeness (QED) is 0.281. The van der Waals surface area contributed by atoms with Crippen LogP contribution < -0.4 is 14.9 Å². The van der Waals surface area contributed by atoms with Crippen LogP contribution >= 0.6 is 11.8 Å². The number of nitrogens with zero attached hydrogens (tertiary/aromatic N) is 4.